The summed E-state index contributed by atoms with van der Waals surface area (Å²) in [5, 5.41) is 0. The third-order valence-corrected chi connectivity index (χ3v) is 5.61. The second kappa shape index (κ2) is 7.27. The first-order chi connectivity index (χ1) is 13.5. The van der Waals surface area contributed by atoms with Crippen LogP contribution in [0, 0.1) is 0 Å². The lowest BCUT2D eigenvalue weighted by Gasteiger charge is -2.31. The number of anilines is 1. The summed E-state index contributed by atoms with van der Waals surface area (Å²) >= 11 is 0. The first-order valence-electron chi connectivity index (χ1n) is 9.81. The zero-order chi connectivity index (χ0) is 19.8. The number of fused-ring (bicyclic) bond motifs is 1. The molecule has 1 saturated heterocycles. The molecule has 0 saturated carbocycles. The summed E-state index contributed by atoms with van der Waals surface area (Å²) in [6, 6.07) is 10.1. The van der Waals surface area contributed by atoms with Crippen LogP contribution in [-0.4, -0.2) is 51.9 Å². The van der Waals surface area contributed by atoms with Crippen LogP contribution in [0.25, 0.3) is 11.2 Å². The highest BCUT2D eigenvalue weighted by atomic mass is 16.2. The van der Waals surface area contributed by atoms with Crippen molar-refractivity contribution < 1.29 is 4.90 Å². The van der Waals surface area contributed by atoms with E-state index in [0.717, 1.165) is 37.7 Å². The molecule has 148 valence electrons. The van der Waals surface area contributed by atoms with E-state index in [2.05, 4.69) is 11.9 Å². The van der Waals surface area contributed by atoms with Gasteiger partial charge in [-0.2, -0.15) is 4.98 Å². The topological polar surface area (TPSA) is 69.5 Å². The highest BCUT2D eigenvalue weighted by Gasteiger charge is 2.26. The number of imidazole rings is 1. The van der Waals surface area contributed by atoms with Gasteiger partial charge in [0.2, 0.25) is 5.95 Å². The zero-order valence-corrected chi connectivity index (χ0v) is 16.7. The quantitative estimate of drug-likeness (QED) is 0.647. The summed E-state index contributed by atoms with van der Waals surface area (Å²) in [5.74, 6) is 0.771. The number of nitrogens with zero attached hydrogens (tertiary/aromatic N) is 5. The van der Waals surface area contributed by atoms with Crippen LogP contribution in [0.3, 0.4) is 0 Å². The molecule has 4 rings (SSSR count). The lowest BCUT2D eigenvalue weighted by Crippen LogP contribution is -3.12. The first-order valence-corrected chi connectivity index (χ1v) is 9.81. The van der Waals surface area contributed by atoms with Crippen molar-refractivity contribution in [3.8, 4) is 0 Å². The van der Waals surface area contributed by atoms with E-state index in [1.807, 2.05) is 41.8 Å². The first kappa shape index (κ1) is 18.5. The lowest BCUT2D eigenvalue weighted by molar-refractivity contribution is -0.880. The highest BCUT2D eigenvalue weighted by Crippen LogP contribution is 2.21. The molecule has 1 aliphatic heterocycles. The highest BCUT2D eigenvalue weighted by molar-refractivity contribution is 5.74. The van der Waals surface area contributed by atoms with E-state index >= 15 is 0 Å². The van der Waals surface area contributed by atoms with Crippen LogP contribution in [0.5, 0.6) is 0 Å². The average Bonchev–Trinajstić information content (AvgIpc) is 3.08. The number of hydrogen-bond acceptors (Lipinski definition) is 4. The van der Waals surface area contributed by atoms with Gasteiger partial charge in [0.05, 0.1) is 39.8 Å². The normalized spacial score (nSPS) is 15.5. The van der Waals surface area contributed by atoms with Crippen LogP contribution < -0.4 is 21.0 Å². The maximum Gasteiger partial charge on any atom is 0.332 e. The molecule has 1 aromatic carbocycles. The van der Waals surface area contributed by atoms with Gasteiger partial charge in [0.15, 0.2) is 11.2 Å². The fourth-order valence-electron chi connectivity index (χ4n) is 3.88. The van der Waals surface area contributed by atoms with Crippen molar-refractivity contribution in [2.24, 2.45) is 7.05 Å². The van der Waals surface area contributed by atoms with Crippen molar-refractivity contribution in [1.82, 2.24) is 18.7 Å². The monoisotopic (exact) mass is 383 g/mol. The Kier molecular flexibility index (Phi) is 4.80. The predicted molar refractivity (Wildman–Crippen MR) is 109 cm³/mol. The molecular weight excluding hydrogens is 356 g/mol. The smallest absolute Gasteiger partial charge is 0.332 e. The van der Waals surface area contributed by atoms with Crippen molar-refractivity contribution in [1.29, 1.82) is 0 Å². The Morgan fingerprint density at radius 3 is 2.39 bits per heavy atom. The Bertz CT molecular complexity index is 1100. The molecule has 8 nitrogen and oxygen atoms in total. The summed E-state index contributed by atoms with van der Waals surface area (Å²) in [5.41, 5.74) is 1.46. The van der Waals surface area contributed by atoms with E-state index in [-0.39, 0.29) is 11.2 Å². The number of piperazine rings is 1. The van der Waals surface area contributed by atoms with Crippen molar-refractivity contribution in [2.75, 3.05) is 38.1 Å². The molecule has 28 heavy (non-hydrogen) atoms. The molecular formula is C20H27N6O2+. The number of rotatable bonds is 4. The van der Waals surface area contributed by atoms with Crippen LogP contribution in [0.4, 0.5) is 5.95 Å². The number of nitrogens with one attached hydrogen (secondary N) is 1. The van der Waals surface area contributed by atoms with E-state index in [9.17, 15) is 9.59 Å². The van der Waals surface area contributed by atoms with E-state index in [1.165, 1.54) is 14.0 Å². The maximum absolute atomic E-state index is 13.2. The van der Waals surface area contributed by atoms with Gasteiger partial charge in [-0.1, -0.05) is 30.3 Å². The number of benzene rings is 1. The van der Waals surface area contributed by atoms with Crippen LogP contribution in [-0.2, 0) is 20.1 Å². The number of aromatic nitrogens is 4. The van der Waals surface area contributed by atoms with Crippen molar-refractivity contribution in [3.05, 3.63) is 56.7 Å². The molecule has 8 heteroatoms. The van der Waals surface area contributed by atoms with Gasteiger partial charge in [-0.25, -0.2) is 4.79 Å². The minimum absolute atomic E-state index is 0.268. The number of quaternary nitrogens is 1. The van der Waals surface area contributed by atoms with Gasteiger partial charge in [0, 0.05) is 13.6 Å². The van der Waals surface area contributed by atoms with Gasteiger partial charge in [-0.3, -0.25) is 18.5 Å². The van der Waals surface area contributed by atoms with Crippen molar-refractivity contribution in [3.63, 3.8) is 0 Å². The molecule has 3 aromatic rings. The molecule has 3 heterocycles. The summed E-state index contributed by atoms with van der Waals surface area (Å²) in [6.07, 6.45) is 0. The average molecular weight is 383 g/mol. The van der Waals surface area contributed by atoms with Crippen LogP contribution in [0.1, 0.15) is 12.5 Å². The summed E-state index contributed by atoms with van der Waals surface area (Å²) in [4.78, 5) is 34.3. The Balaban J connectivity index is 1.96. The van der Waals surface area contributed by atoms with E-state index in [0.29, 0.717) is 24.3 Å². The minimum Gasteiger partial charge on any atom is -0.334 e. The second-order valence-corrected chi connectivity index (χ2v) is 7.49. The Morgan fingerprint density at radius 2 is 1.75 bits per heavy atom. The van der Waals surface area contributed by atoms with Crippen LogP contribution in [0.2, 0.25) is 0 Å². The molecule has 0 radical (unpaired) electrons. The molecule has 1 N–H and O–H groups in total. The fourth-order valence-corrected chi connectivity index (χ4v) is 3.88. The Morgan fingerprint density at radius 1 is 1.07 bits per heavy atom. The molecule has 0 aliphatic carbocycles. The van der Waals surface area contributed by atoms with E-state index in [4.69, 9.17) is 4.98 Å². The Hall–Kier alpha value is -2.87. The summed E-state index contributed by atoms with van der Waals surface area (Å²) < 4.78 is 4.76. The predicted octanol–water partition coefficient (Wildman–Crippen LogP) is -0.700. The van der Waals surface area contributed by atoms with E-state index < -0.39 is 0 Å². The zero-order valence-electron chi connectivity index (χ0n) is 16.7. The van der Waals surface area contributed by atoms with Gasteiger partial charge in [0.25, 0.3) is 5.56 Å². The Labute approximate surface area is 163 Å². The molecule has 0 unspecified atom stereocenters. The van der Waals surface area contributed by atoms with Crippen molar-refractivity contribution in [2.45, 2.75) is 20.0 Å². The standard InChI is InChI=1S/C20H26N6O2/c1-4-25-18(27)16-17(23(3)20(25)28)21-19(24-12-10-22(2)11-13-24)26(16)14-15-8-6-5-7-9-15/h5-9H,4,10-14H2,1-3H3/p+1. The molecule has 2 aromatic heterocycles. The van der Waals surface area contributed by atoms with Crippen LogP contribution >= 0.6 is 0 Å². The number of hydrogen-bond donors (Lipinski definition) is 1. The van der Waals surface area contributed by atoms with Crippen molar-refractivity contribution >= 4 is 17.1 Å². The van der Waals surface area contributed by atoms with Gasteiger partial charge in [-0.05, 0) is 12.5 Å². The number of aryl methyl sites for hydroxylation is 1. The van der Waals surface area contributed by atoms with E-state index in [1.54, 1.807) is 7.05 Å². The third kappa shape index (κ3) is 3.03. The molecule has 0 amide bonds. The van der Waals surface area contributed by atoms with Crippen LogP contribution in [0.15, 0.2) is 39.9 Å². The number of likely N-dealkylation sites (N-methyl/N-ethyl adjacent to an activating group) is 1. The SMILES string of the molecule is CCn1c(=O)c2c(nc(N3CC[NH+](C)CC3)n2Cc2ccccc2)n(C)c1=O. The van der Waals surface area contributed by atoms with Gasteiger partial charge < -0.3 is 9.80 Å². The molecule has 1 aliphatic rings. The lowest BCUT2D eigenvalue weighted by atomic mass is 10.2. The minimum atomic E-state index is -0.321. The maximum atomic E-state index is 13.2. The summed E-state index contributed by atoms with van der Waals surface area (Å²) in [7, 11) is 3.88. The summed E-state index contributed by atoms with van der Waals surface area (Å²) in [6.45, 7) is 6.49. The van der Waals surface area contributed by atoms with Gasteiger partial charge in [0.1, 0.15) is 0 Å². The molecule has 0 bridgehead atoms. The molecule has 0 spiro atoms. The second-order valence-electron chi connectivity index (χ2n) is 7.49. The third-order valence-electron chi connectivity index (χ3n) is 5.61. The molecule has 1 fully saturated rings. The van der Waals surface area contributed by atoms with Gasteiger partial charge >= 0.3 is 5.69 Å². The van der Waals surface area contributed by atoms with Gasteiger partial charge in [-0.15, -0.1) is 0 Å². The fraction of sp³-hybridized carbons (Fsp3) is 0.450. The largest absolute Gasteiger partial charge is 0.334 e. The molecule has 0 atom stereocenters.